The fraction of sp³-hybridized carbons (Fsp3) is 0.444. The predicted molar refractivity (Wildman–Crippen MR) is 98.9 cm³/mol. The minimum atomic E-state index is -0.327. The maximum absolute atomic E-state index is 12.5. The van der Waals surface area contributed by atoms with Crippen LogP contribution in [0.2, 0.25) is 5.02 Å². The highest BCUT2D eigenvalue weighted by Gasteiger charge is 2.14. The number of carbonyl (C=O) groups is 1. The molecule has 0 radical (unpaired) electrons. The number of amides is 1. The van der Waals surface area contributed by atoms with Gasteiger partial charge in [0.05, 0.1) is 5.52 Å². The van der Waals surface area contributed by atoms with Crippen molar-refractivity contribution in [3.05, 3.63) is 45.2 Å². The molecule has 0 unspecified atom stereocenters. The number of halogens is 1. The first-order chi connectivity index (χ1) is 11.5. The predicted octanol–water partition coefficient (Wildman–Crippen LogP) is 2.65. The van der Waals surface area contributed by atoms with Crippen LogP contribution in [0.15, 0.2) is 29.2 Å². The Bertz CT molecular complexity index is 782. The number of nitrogens with one attached hydrogen (secondary N) is 1. The van der Waals surface area contributed by atoms with Gasteiger partial charge in [0.25, 0.3) is 5.91 Å². The second-order valence-electron chi connectivity index (χ2n) is 5.78. The van der Waals surface area contributed by atoms with Crippen molar-refractivity contribution in [2.24, 2.45) is 7.05 Å². The lowest BCUT2D eigenvalue weighted by Gasteiger charge is -2.17. The van der Waals surface area contributed by atoms with E-state index < -0.39 is 0 Å². The molecule has 130 valence electrons. The summed E-state index contributed by atoms with van der Waals surface area (Å²) < 4.78 is 1.76. The van der Waals surface area contributed by atoms with Crippen LogP contribution in [-0.2, 0) is 7.05 Å². The first-order valence-electron chi connectivity index (χ1n) is 8.27. The molecule has 0 bridgehead atoms. The summed E-state index contributed by atoms with van der Waals surface area (Å²) in [6, 6.07) is 5.05. The van der Waals surface area contributed by atoms with Gasteiger partial charge in [0.2, 0.25) is 5.43 Å². The molecule has 0 saturated carbocycles. The van der Waals surface area contributed by atoms with Crippen LogP contribution < -0.4 is 10.7 Å². The highest BCUT2D eigenvalue weighted by atomic mass is 35.5. The SMILES string of the molecule is CCN(CC)CCCNC(=O)c1cn(C)c2cc(Cl)ccc2c1=O. The van der Waals surface area contributed by atoms with E-state index in [4.69, 9.17) is 11.6 Å². The van der Waals surface area contributed by atoms with Gasteiger partial charge in [-0.15, -0.1) is 0 Å². The van der Waals surface area contributed by atoms with Crippen LogP contribution in [0.5, 0.6) is 0 Å². The molecular formula is C18H24ClN3O2. The molecule has 0 saturated heterocycles. The summed E-state index contributed by atoms with van der Waals surface area (Å²) in [5.74, 6) is -0.327. The molecule has 0 aliphatic heterocycles. The number of nitrogens with zero attached hydrogens (tertiary/aromatic N) is 2. The molecule has 0 atom stereocenters. The Labute approximate surface area is 147 Å². The first kappa shape index (κ1) is 18.5. The van der Waals surface area contributed by atoms with Crippen molar-refractivity contribution < 1.29 is 4.79 Å². The molecule has 1 amide bonds. The van der Waals surface area contributed by atoms with Crippen LogP contribution >= 0.6 is 11.6 Å². The zero-order valence-corrected chi connectivity index (χ0v) is 15.2. The molecule has 0 fully saturated rings. The van der Waals surface area contributed by atoms with Gasteiger partial charge in [0.15, 0.2) is 0 Å². The zero-order chi connectivity index (χ0) is 17.7. The Balaban J connectivity index is 2.11. The van der Waals surface area contributed by atoms with Crippen LogP contribution in [0.4, 0.5) is 0 Å². The number of fused-ring (bicyclic) bond motifs is 1. The van der Waals surface area contributed by atoms with Gasteiger partial charge in [-0.1, -0.05) is 25.4 Å². The van der Waals surface area contributed by atoms with Gasteiger partial charge < -0.3 is 14.8 Å². The van der Waals surface area contributed by atoms with Gasteiger partial charge in [0.1, 0.15) is 5.56 Å². The zero-order valence-electron chi connectivity index (χ0n) is 14.4. The Morgan fingerprint density at radius 3 is 2.67 bits per heavy atom. The van der Waals surface area contributed by atoms with Crippen LogP contribution in [0.3, 0.4) is 0 Å². The van der Waals surface area contributed by atoms with Crippen molar-refractivity contribution in [1.29, 1.82) is 0 Å². The highest BCUT2D eigenvalue weighted by molar-refractivity contribution is 6.31. The van der Waals surface area contributed by atoms with E-state index in [2.05, 4.69) is 24.1 Å². The fourth-order valence-corrected chi connectivity index (χ4v) is 2.92. The van der Waals surface area contributed by atoms with Crippen molar-refractivity contribution in [2.45, 2.75) is 20.3 Å². The molecule has 1 heterocycles. The molecule has 5 nitrogen and oxygen atoms in total. The van der Waals surface area contributed by atoms with Crippen LogP contribution in [0.1, 0.15) is 30.6 Å². The van der Waals surface area contributed by atoms with E-state index in [1.807, 2.05) is 0 Å². The molecule has 6 heteroatoms. The Hall–Kier alpha value is -1.85. The van der Waals surface area contributed by atoms with Crippen molar-refractivity contribution >= 4 is 28.4 Å². The quantitative estimate of drug-likeness (QED) is 0.782. The molecule has 0 aliphatic rings. The van der Waals surface area contributed by atoms with E-state index in [9.17, 15) is 9.59 Å². The molecule has 1 aromatic heterocycles. The van der Waals surface area contributed by atoms with E-state index >= 15 is 0 Å². The van der Waals surface area contributed by atoms with E-state index in [0.29, 0.717) is 22.5 Å². The van der Waals surface area contributed by atoms with E-state index in [0.717, 1.165) is 26.1 Å². The molecule has 0 aliphatic carbocycles. The van der Waals surface area contributed by atoms with E-state index in [-0.39, 0.29) is 16.9 Å². The smallest absolute Gasteiger partial charge is 0.256 e. The summed E-state index contributed by atoms with van der Waals surface area (Å²) in [5, 5.41) is 3.90. The number of benzene rings is 1. The van der Waals surface area contributed by atoms with Crippen molar-refractivity contribution in [1.82, 2.24) is 14.8 Å². The van der Waals surface area contributed by atoms with Crippen LogP contribution in [0, 0.1) is 0 Å². The summed E-state index contributed by atoms with van der Waals surface area (Å²) in [4.78, 5) is 27.2. The number of rotatable bonds is 7. The third-order valence-corrected chi connectivity index (χ3v) is 4.46. The molecule has 2 aromatic rings. The van der Waals surface area contributed by atoms with Crippen LogP contribution in [-0.4, -0.2) is 41.6 Å². The first-order valence-corrected chi connectivity index (χ1v) is 8.65. The van der Waals surface area contributed by atoms with Gasteiger partial charge in [-0.05, 0) is 44.3 Å². The second kappa shape index (κ2) is 8.31. The molecular weight excluding hydrogens is 326 g/mol. The standard InChI is InChI=1S/C18H24ClN3O2/c1-4-22(5-2)10-6-9-20-18(24)15-12-21(3)16-11-13(19)7-8-14(16)17(15)23/h7-8,11-12H,4-6,9-10H2,1-3H3,(H,20,24). The van der Waals surface area contributed by atoms with Gasteiger partial charge in [-0.2, -0.15) is 0 Å². The van der Waals surface area contributed by atoms with Crippen molar-refractivity contribution in [2.75, 3.05) is 26.2 Å². The number of carbonyl (C=O) groups excluding carboxylic acids is 1. The van der Waals surface area contributed by atoms with Gasteiger partial charge in [0, 0.05) is 30.2 Å². The number of hydrogen-bond donors (Lipinski definition) is 1. The minimum absolute atomic E-state index is 0.162. The third-order valence-electron chi connectivity index (χ3n) is 4.23. The number of pyridine rings is 1. The summed E-state index contributed by atoms with van der Waals surface area (Å²) in [5.41, 5.74) is 0.613. The summed E-state index contributed by atoms with van der Waals surface area (Å²) in [6.07, 6.45) is 2.43. The molecule has 1 N–H and O–H groups in total. The summed E-state index contributed by atoms with van der Waals surface area (Å²) in [7, 11) is 1.80. The van der Waals surface area contributed by atoms with Gasteiger partial charge in [-0.3, -0.25) is 9.59 Å². The van der Waals surface area contributed by atoms with Gasteiger partial charge in [-0.25, -0.2) is 0 Å². The normalized spacial score (nSPS) is 11.2. The Morgan fingerprint density at radius 2 is 2.00 bits per heavy atom. The average molecular weight is 350 g/mol. The molecule has 1 aromatic carbocycles. The lowest BCUT2D eigenvalue weighted by Crippen LogP contribution is -2.32. The highest BCUT2D eigenvalue weighted by Crippen LogP contribution is 2.17. The molecule has 0 spiro atoms. The number of hydrogen-bond acceptors (Lipinski definition) is 3. The Kier molecular flexibility index (Phi) is 6.40. The van der Waals surface area contributed by atoms with Crippen molar-refractivity contribution in [3.8, 4) is 0 Å². The number of aryl methyl sites for hydroxylation is 1. The maximum atomic E-state index is 12.5. The van der Waals surface area contributed by atoms with E-state index in [1.165, 1.54) is 0 Å². The van der Waals surface area contributed by atoms with Gasteiger partial charge >= 0.3 is 0 Å². The fourth-order valence-electron chi connectivity index (χ4n) is 2.76. The lowest BCUT2D eigenvalue weighted by atomic mass is 10.1. The van der Waals surface area contributed by atoms with Crippen molar-refractivity contribution in [3.63, 3.8) is 0 Å². The Morgan fingerprint density at radius 1 is 1.29 bits per heavy atom. The topological polar surface area (TPSA) is 54.3 Å². The average Bonchev–Trinajstić information content (AvgIpc) is 2.58. The summed E-state index contributed by atoms with van der Waals surface area (Å²) in [6.45, 7) is 7.72. The third kappa shape index (κ3) is 4.16. The van der Waals surface area contributed by atoms with Crippen LogP contribution in [0.25, 0.3) is 10.9 Å². The second-order valence-corrected chi connectivity index (χ2v) is 6.22. The molecule has 2 rings (SSSR count). The largest absolute Gasteiger partial charge is 0.352 e. The maximum Gasteiger partial charge on any atom is 0.256 e. The molecule has 24 heavy (non-hydrogen) atoms. The van der Waals surface area contributed by atoms with E-state index in [1.54, 1.807) is 36.0 Å². The number of aromatic nitrogens is 1. The monoisotopic (exact) mass is 349 g/mol. The summed E-state index contributed by atoms with van der Waals surface area (Å²) >= 11 is 5.98. The lowest BCUT2D eigenvalue weighted by molar-refractivity contribution is 0.0950. The minimum Gasteiger partial charge on any atom is -0.352 e.